The molecule has 0 aromatic heterocycles. The van der Waals surface area contributed by atoms with E-state index in [2.05, 4.69) is 4.99 Å². The van der Waals surface area contributed by atoms with E-state index in [1.807, 2.05) is 11.5 Å². The highest BCUT2D eigenvalue weighted by molar-refractivity contribution is 8.02. The third kappa shape index (κ3) is 1.70. The van der Waals surface area contributed by atoms with E-state index in [1.54, 1.807) is 24.4 Å². The van der Waals surface area contributed by atoms with Gasteiger partial charge in [-0.1, -0.05) is 11.8 Å². The quantitative estimate of drug-likeness (QED) is 0.766. The fraction of sp³-hybridized carbons (Fsp3) is 0. The molecule has 70 valence electrons. The second-order valence-electron chi connectivity index (χ2n) is 2.71. The van der Waals surface area contributed by atoms with Gasteiger partial charge in [0.2, 0.25) is 0 Å². The van der Waals surface area contributed by atoms with Crippen molar-refractivity contribution in [2.75, 3.05) is 0 Å². The van der Waals surface area contributed by atoms with Crippen LogP contribution in [0.4, 0.5) is 5.69 Å². The Balaban J connectivity index is 2.49. The van der Waals surface area contributed by atoms with Crippen molar-refractivity contribution >= 4 is 29.6 Å². The van der Waals surface area contributed by atoms with Gasteiger partial charge in [-0.2, -0.15) is 0 Å². The van der Waals surface area contributed by atoms with Gasteiger partial charge in [-0.3, -0.25) is 4.99 Å². The molecule has 0 spiro atoms. The first-order valence-corrected chi connectivity index (χ1v) is 4.88. The van der Waals surface area contributed by atoms with Crippen LogP contribution in [0, 0.1) is 0 Å². The summed E-state index contributed by atoms with van der Waals surface area (Å²) in [5.41, 5.74) is 0.975. The van der Waals surface area contributed by atoms with E-state index in [0.29, 0.717) is 5.69 Å². The number of carboxylic acid groups (broad SMARTS) is 1. The molecular formula is C10H7NO2S. The maximum absolute atomic E-state index is 10.7. The summed E-state index contributed by atoms with van der Waals surface area (Å²) in [7, 11) is 0. The minimum atomic E-state index is -0.926. The number of aromatic carboxylic acids is 1. The molecule has 1 N–H and O–H groups in total. The van der Waals surface area contributed by atoms with E-state index < -0.39 is 5.97 Å². The number of aliphatic imine (C=N–C) groups is 1. The SMILES string of the molecule is O=C(O)c1ccc2c(c1)N=CC=CS2. The van der Waals surface area contributed by atoms with Gasteiger partial charge in [0.1, 0.15) is 0 Å². The summed E-state index contributed by atoms with van der Waals surface area (Å²) in [6, 6.07) is 4.94. The van der Waals surface area contributed by atoms with Crippen molar-refractivity contribution in [3.63, 3.8) is 0 Å². The number of benzene rings is 1. The largest absolute Gasteiger partial charge is 0.478 e. The summed E-state index contributed by atoms with van der Waals surface area (Å²) >= 11 is 1.53. The Morgan fingerprint density at radius 3 is 3.07 bits per heavy atom. The van der Waals surface area contributed by atoms with E-state index in [1.165, 1.54) is 11.8 Å². The maximum atomic E-state index is 10.7. The lowest BCUT2D eigenvalue weighted by Gasteiger charge is -2.01. The summed E-state index contributed by atoms with van der Waals surface area (Å²) in [6.07, 6.45) is 3.48. The molecule has 0 unspecified atom stereocenters. The Labute approximate surface area is 85.2 Å². The van der Waals surface area contributed by atoms with Crippen LogP contribution in [0.25, 0.3) is 0 Å². The smallest absolute Gasteiger partial charge is 0.335 e. The summed E-state index contributed by atoms with van der Waals surface area (Å²) in [5, 5.41) is 10.7. The molecule has 0 radical (unpaired) electrons. The van der Waals surface area contributed by atoms with Gasteiger partial charge in [-0.05, 0) is 29.7 Å². The number of allylic oxidation sites excluding steroid dienone is 1. The monoisotopic (exact) mass is 205 g/mol. The molecule has 0 saturated heterocycles. The van der Waals surface area contributed by atoms with Crippen LogP contribution in [-0.2, 0) is 0 Å². The van der Waals surface area contributed by atoms with Crippen molar-refractivity contribution in [3.8, 4) is 0 Å². The average molecular weight is 205 g/mol. The van der Waals surface area contributed by atoms with Crippen LogP contribution in [0.3, 0.4) is 0 Å². The second kappa shape index (κ2) is 3.67. The van der Waals surface area contributed by atoms with Crippen molar-refractivity contribution in [2.24, 2.45) is 4.99 Å². The second-order valence-corrected chi connectivity index (χ2v) is 3.66. The molecule has 3 nitrogen and oxygen atoms in total. The van der Waals surface area contributed by atoms with E-state index in [0.717, 1.165) is 4.90 Å². The normalized spacial score (nSPS) is 13.4. The number of nitrogens with zero attached hydrogens (tertiary/aromatic N) is 1. The molecule has 1 heterocycles. The Bertz CT molecular complexity index is 438. The third-order valence-corrected chi connectivity index (χ3v) is 2.67. The number of thioether (sulfide) groups is 1. The lowest BCUT2D eigenvalue weighted by molar-refractivity contribution is 0.0697. The number of carboxylic acids is 1. The van der Waals surface area contributed by atoms with E-state index >= 15 is 0 Å². The van der Waals surface area contributed by atoms with Gasteiger partial charge in [0.25, 0.3) is 0 Å². The molecule has 1 aliphatic rings. The van der Waals surface area contributed by atoms with Gasteiger partial charge in [-0.15, -0.1) is 0 Å². The first-order valence-electron chi connectivity index (χ1n) is 4.00. The molecule has 1 aliphatic heterocycles. The number of hydrogen-bond acceptors (Lipinski definition) is 3. The minimum Gasteiger partial charge on any atom is -0.478 e. The van der Waals surface area contributed by atoms with Crippen molar-refractivity contribution in [1.82, 2.24) is 0 Å². The zero-order valence-electron chi connectivity index (χ0n) is 7.18. The molecular weight excluding hydrogens is 198 g/mol. The molecule has 0 saturated carbocycles. The predicted octanol–water partition coefficient (Wildman–Crippen LogP) is 2.71. The van der Waals surface area contributed by atoms with Crippen molar-refractivity contribution < 1.29 is 9.90 Å². The highest BCUT2D eigenvalue weighted by Crippen LogP contribution is 2.32. The highest BCUT2D eigenvalue weighted by atomic mass is 32.2. The van der Waals surface area contributed by atoms with Crippen LogP contribution in [0.2, 0.25) is 0 Å². The fourth-order valence-electron chi connectivity index (χ4n) is 1.12. The molecule has 1 aromatic carbocycles. The lowest BCUT2D eigenvalue weighted by Crippen LogP contribution is -1.95. The van der Waals surface area contributed by atoms with Gasteiger partial charge in [0, 0.05) is 11.1 Å². The van der Waals surface area contributed by atoms with Gasteiger partial charge >= 0.3 is 5.97 Å². The Kier molecular flexibility index (Phi) is 2.37. The number of rotatable bonds is 1. The zero-order chi connectivity index (χ0) is 9.97. The molecule has 0 amide bonds. The Hall–Kier alpha value is -1.55. The number of hydrogen-bond donors (Lipinski definition) is 1. The first-order chi connectivity index (χ1) is 6.77. The van der Waals surface area contributed by atoms with E-state index in [-0.39, 0.29) is 5.56 Å². The maximum Gasteiger partial charge on any atom is 0.335 e. The van der Waals surface area contributed by atoms with Crippen LogP contribution in [0.15, 0.2) is 39.6 Å². The molecule has 4 heteroatoms. The van der Waals surface area contributed by atoms with Gasteiger partial charge in [0.15, 0.2) is 0 Å². The van der Waals surface area contributed by atoms with Gasteiger partial charge in [-0.25, -0.2) is 4.79 Å². The van der Waals surface area contributed by atoms with E-state index in [9.17, 15) is 4.79 Å². The topological polar surface area (TPSA) is 49.7 Å². The standard InChI is InChI=1S/C10H7NO2S/c12-10(13)7-2-3-9-8(6-7)11-4-1-5-14-9/h1-6H,(H,12,13). The first kappa shape index (κ1) is 9.02. The number of fused-ring (bicyclic) bond motifs is 1. The minimum absolute atomic E-state index is 0.267. The molecule has 0 aliphatic carbocycles. The highest BCUT2D eigenvalue weighted by Gasteiger charge is 2.07. The third-order valence-electron chi connectivity index (χ3n) is 1.78. The molecule has 0 atom stereocenters. The van der Waals surface area contributed by atoms with E-state index in [4.69, 9.17) is 5.11 Å². The van der Waals surface area contributed by atoms with Gasteiger partial charge in [0.05, 0.1) is 11.3 Å². The van der Waals surface area contributed by atoms with Crippen LogP contribution >= 0.6 is 11.8 Å². The predicted molar refractivity (Wildman–Crippen MR) is 56.6 cm³/mol. The van der Waals surface area contributed by atoms with Crippen LogP contribution < -0.4 is 0 Å². The molecule has 2 rings (SSSR count). The molecule has 0 bridgehead atoms. The van der Waals surface area contributed by atoms with Crippen LogP contribution in [0.1, 0.15) is 10.4 Å². The van der Waals surface area contributed by atoms with Crippen molar-refractivity contribution in [1.29, 1.82) is 0 Å². The van der Waals surface area contributed by atoms with Crippen molar-refractivity contribution in [3.05, 3.63) is 35.2 Å². The molecule has 0 fully saturated rings. The Morgan fingerprint density at radius 2 is 2.29 bits per heavy atom. The lowest BCUT2D eigenvalue weighted by atomic mass is 10.2. The van der Waals surface area contributed by atoms with Crippen molar-refractivity contribution in [2.45, 2.75) is 4.90 Å². The summed E-state index contributed by atoms with van der Waals surface area (Å²) in [5.74, 6) is -0.926. The average Bonchev–Trinajstić information content (AvgIpc) is 2.41. The summed E-state index contributed by atoms with van der Waals surface area (Å²) < 4.78 is 0. The molecule has 1 aromatic rings. The van der Waals surface area contributed by atoms with Gasteiger partial charge < -0.3 is 5.11 Å². The Morgan fingerprint density at radius 1 is 1.43 bits per heavy atom. The summed E-state index contributed by atoms with van der Waals surface area (Å²) in [4.78, 5) is 15.8. The summed E-state index contributed by atoms with van der Waals surface area (Å²) in [6.45, 7) is 0. The van der Waals surface area contributed by atoms with Crippen LogP contribution in [0.5, 0.6) is 0 Å². The zero-order valence-corrected chi connectivity index (χ0v) is 7.99. The van der Waals surface area contributed by atoms with Crippen LogP contribution in [-0.4, -0.2) is 17.3 Å². The molecule has 14 heavy (non-hydrogen) atoms. The fourth-order valence-corrected chi connectivity index (χ4v) is 1.80. The number of carbonyl (C=O) groups is 1.